The van der Waals surface area contributed by atoms with Crippen LogP contribution in [-0.2, 0) is 4.74 Å². The van der Waals surface area contributed by atoms with Gasteiger partial charge in [-0.25, -0.2) is 9.78 Å². The molecule has 0 fully saturated rings. The molecule has 0 aliphatic rings. The number of methoxy groups -OCH3 is 1. The first-order chi connectivity index (χ1) is 7.98. The number of rotatable bonds is 5. The van der Waals surface area contributed by atoms with Gasteiger partial charge in [0.15, 0.2) is 5.69 Å². The van der Waals surface area contributed by atoms with Gasteiger partial charge < -0.3 is 15.2 Å². The zero-order chi connectivity index (χ0) is 12.9. The van der Waals surface area contributed by atoms with Crippen molar-refractivity contribution in [2.24, 2.45) is 5.73 Å². The number of nitrogens with two attached hydrogens (primary N) is 1. The second-order valence-electron chi connectivity index (χ2n) is 4.16. The Bertz CT molecular complexity index is 391. The summed E-state index contributed by atoms with van der Waals surface area (Å²) in [7, 11) is 1.31. The van der Waals surface area contributed by atoms with E-state index in [-0.39, 0.29) is 11.2 Å². The van der Waals surface area contributed by atoms with Crippen molar-refractivity contribution in [3.05, 3.63) is 24.0 Å². The maximum absolute atomic E-state index is 11.3. The Kier molecular flexibility index (Phi) is 4.45. The molecule has 0 aliphatic heterocycles. The van der Waals surface area contributed by atoms with Crippen molar-refractivity contribution in [2.75, 3.05) is 13.7 Å². The summed E-state index contributed by atoms with van der Waals surface area (Å²) in [5.74, 6) is 0.0759. The molecule has 0 aliphatic carbocycles. The molecule has 1 heterocycles. The van der Waals surface area contributed by atoms with Crippen LogP contribution < -0.4 is 10.5 Å². The highest BCUT2D eigenvalue weighted by atomic mass is 16.5. The zero-order valence-corrected chi connectivity index (χ0v) is 10.4. The molecule has 0 saturated carbocycles. The van der Waals surface area contributed by atoms with E-state index in [1.807, 2.05) is 13.8 Å². The maximum atomic E-state index is 11.3. The lowest BCUT2D eigenvalue weighted by molar-refractivity contribution is 0.0593. The van der Waals surface area contributed by atoms with Crippen molar-refractivity contribution in [1.82, 2.24) is 4.98 Å². The van der Waals surface area contributed by atoms with Gasteiger partial charge in [0.05, 0.1) is 7.11 Å². The van der Waals surface area contributed by atoms with Crippen LogP contribution in [0.25, 0.3) is 0 Å². The van der Waals surface area contributed by atoms with Gasteiger partial charge in [0, 0.05) is 17.8 Å². The van der Waals surface area contributed by atoms with Gasteiger partial charge in [0.25, 0.3) is 0 Å². The number of carbonyl (C=O) groups is 1. The number of aromatic nitrogens is 1. The van der Waals surface area contributed by atoms with E-state index in [1.54, 1.807) is 6.07 Å². The van der Waals surface area contributed by atoms with Crippen molar-refractivity contribution in [3.8, 4) is 5.75 Å². The summed E-state index contributed by atoms with van der Waals surface area (Å²) in [4.78, 5) is 15.1. The topological polar surface area (TPSA) is 74.4 Å². The van der Waals surface area contributed by atoms with E-state index in [4.69, 9.17) is 10.5 Å². The third-order valence-corrected chi connectivity index (χ3v) is 2.50. The fraction of sp³-hybridized carbons (Fsp3) is 0.500. The van der Waals surface area contributed by atoms with E-state index in [1.165, 1.54) is 19.4 Å². The molecule has 2 N–H and O–H groups in total. The van der Waals surface area contributed by atoms with Crippen molar-refractivity contribution in [1.29, 1.82) is 0 Å². The standard InChI is InChI=1S/C12H18N2O3/c1-4-12(2,13)8-17-9-5-6-14-10(7-9)11(15)16-3/h5-7H,4,8,13H2,1-3H3. The Hall–Kier alpha value is -1.62. The Morgan fingerprint density at radius 1 is 1.59 bits per heavy atom. The molecule has 0 radical (unpaired) electrons. The first kappa shape index (κ1) is 13.4. The predicted octanol–water partition coefficient (Wildman–Crippen LogP) is 1.37. The minimum absolute atomic E-state index is 0.222. The number of carbonyl (C=O) groups excluding carboxylic acids is 1. The third-order valence-electron chi connectivity index (χ3n) is 2.50. The highest BCUT2D eigenvalue weighted by Gasteiger charge is 2.17. The minimum atomic E-state index is -0.485. The van der Waals surface area contributed by atoms with Crippen molar-refractivity contribution >= 4 is 5.97 Å². The van der Waals surface area contributed by atoms with Crippen molar-refractivity contribution in [2.45, 2.75) is 25.8 Å². The molecule has 0 amide bonds. The van der Waals surface area contributed by atoms with E-state index in [0.717, 1.165) is 6.42 Å². The molecule has 0 aromatic carbocycles. The SMILES string of the molecule is CCC(C)(N)COc1ccnc(C(=O)OC)c1. The van der Waals surface area contributed by atoms with Crippen LogP contribution in [0.3, 0.4) is 0 Å². The number of hydrogen-bond donors (Lipinski definition) is 1. The first-order valence-corrected chi connectivity index (χ1v) is 5.44. The zero-order valence-electron chi connectivity index (χ0n) is 10.4. The number of esters is 1. The molecule has 1 aromatic rings. The van der Waals surface area contributed by atoms with Gasteiger partial charge in [-0.15, -0.1) is 0 Å². The number of nitrogens with zero attached hydrogens (tertiary/aromatic N) is 1. The molecule has 0 spiro atoms. The highest BCUT2D eigenvalue weighted by Crippen LogP contribution is 2.14. The average molecular weight is 238 g/mol. The van der Waals surface area contributed by atoms with Gasteiger partial charge in [-0.2, -0.15) is 0 Å². The van der Waals surface area contributed by atoms with Crippen LogP contribution >= 0.6 is 0 Å². The van der Waals surface area contributed by atoms with Crippen LogP contribution in [0.2, 0.25) is 0 Å². The monoisotopic (exact) mass is 238 g/mol. The maximum Gasteiger partial charge on any atom is 0.356 e. The van der Waals surface area contributed by atoms with Gasteiger partial charge >= 0.3 is 5.97 Å². The molecule has 1 atom stereocenters. The summed E-state index contributed by atoms with van der Waals surface area (Å²) in [5.41, 5.74) is 5.80. The molecule has 0 bridgehead atoms. The van der Waals surface area contributed by atoms with E-state index in [2.05, 4.69) is 9.72 Å². The second-order valence-corrected chi connectivity index (χ2v) is 4.16. The molecule has 1 unspecified atom stereocenters. The lowest BCUT2D eigenvalue weighted by Crippen LogP contribution is -2.41. The predicted molar refractivity (Wildman–Crippen MR) is 64.0 cm³/mol. The van der Waals surface area contributed by atoms with E-state index in [9.17, 15) is 4.79 Å². The summed E-state index contributed by atoms with van der Waals surface area (Å²) < 4.78 is 10.1. The van der Waals surface area contributed by atoms with Crippen LogP contribution in [0, 0.1) is 0 Å². The first-order valence-electron chi connectivity index (χ1n) is 5.44. The fourth-order valence-corrected chi connectivity index (χ4v) is 1.07. The van der Waals surface area contributed by atoms with Crippen molar-refractivity contribution in [3.63, 3.8) is 0 Å². The lowest BCUT2D eigenvalue weighted by Gasteiger charge is -2.22. The normalized spacial score (nSPS) is 13.9. The molecule has 17 heavy (non-hydrogen) atoms. The molecule has 94 valence electrons. The number of ether oxygens (including phenoxy) is 2. The molecular formula is C12H18N2O3. The van der Waals surface area contributed by atoms with Gasteiger partial charge in [0.2, 0.25) is 0 Å². The van der Waals surface area contributed by atoms with Crippen LogP contribution in [0.15, 0.2) is 18.3 Å². The summed E-state index contributed by atoms with van der Waals surface area (Å²) >= 11 is 0. The van der Waals surface area contributed by atoms with Crippen LogP contribution in [0.1, 0.15) is 30.8 Å². The van der Waals surface area contributed by atoms with E-state index in [0.29, 0.717) is 12.4 Å². The van der Waals surface area contributed by atoms with Crippen LogP contribution in [-0.4, -0.2) is 30.2 Å². The summed E-state index contributed by atoms with van der Waals surface area (Å²) in [5, 5.41) is 0. The summed E-state index contributed by atoms with van der Waals surface area (Å²) in [6.45, 7) is 4.29. The lowest BCUT2D eigenvalue weighted by atomic mass is 10.0. The highest BCUT2D eigenvalue weighted by molar-refractivity contribution is 5.87. The molecule has 1 rings (SSSR count). The quantitative estimate of drug-likeness (QED) is 0.784. The smallest absolute Gasteiger partial charge is 0.356 e. The van der Waals surface area contributed by atoms with Crippen molar-refractivity contribution < 1.29 is 14.3 Å². The molecule has 0 saturated heterocycles. The molecule has 5 nitrogen and oxygen atoms in total. The number of pyridine rings is 1. The Morgan fingerprint density at radius 2 is 2.29 bits per heavy atom. The number of hydrogen-bond acceptors (Lipinski definition) is 5. The average Bonchev–Trinajstić information content (AvgIpc) is 2.36. The largest absolute Gasteiger partial charge is 0.492 e. The van der Waals surface area contributed by atoms with Gasteiger partial charge in [-0.1, -0.05) is 6.92 Å². The van der Waals surface area contributed by atoms with Crippen LogP contribution in [0.5, 0.6) is 5.75 Å². The summed E-state index contributed by atoms with van der Waals surface area (Å²) in [6.07, 6.45) is 2.31. The second kappa shape index (κ2) is 5.63. The summed E-state index contributed by atoms with van der Waals surface area (Å²) in [6, 6.07) is 3.22. The Morgan fingerprint density at radius 3 is 2.88 bits per heavy atom. The van der Waals surface area contributed by atoms with Crippen LogP contribution in [0.4, 0.5) is 0 Å². The third kappa shape index (κ3) is 4.03. The minimum Gasteiger partial charge on any atom is -0.492 e. The van der Waals surface area contributed by atoms with E-state index < -0.39 is 5.97 Å². The fourth-order valence-electron chi connectivity index (χ4n) is 1.07. The van der Waals surface area contributed by atoms with Gasteiger partial charge in [-0.3, -0.25) is 0 Å². The Balaban J connectivity index is 2.70. The van der Waals surface area contributed by atoms with Gasteiger partial charge in [0.1, 0.15) is 12.4 Å². The molecule has 1 aromatic heterocycles. The molecule has 5 heteroatoms. The molecular weight excluding hydrogens is 220 g/mol. The van der Waals surface area contributed by atoms with E-state index >= 15 is 0 Å². The Labute approximate surface area is 101 Å². The van der Waals surface area contributed by atoms with Gasteiger partial charge in [-0.05, 0) is 19.4 Å².